The van der Waals surface area contributed by atoms with Gasteiger partial charge in [-0.3, -0.25) is 4.79 Å². The molecule has 114 valence electrons. The minimum Gasteiger partial charge on any atom is -0.353 e. The molecule has 2 fully saturated rings. The highest BCUT2D eigenvalue weighted by Gasteiger charge is 2.42. The Kier molecular flexibility index (Phi) is 4.46. The van der Waals surface area contributed by atoms with Gasteiger partial charge in [-0.05, 0) is 61.6 Å². The molecular formula is C17H21Cl2NO. The summed E-state index contributed by atoms with van der Waals surface area (Å²) in [7, 11) is 0. The fourth-order valence-corrected chi connectivity index (χ4v) is 4.47. The van der Waals surface area contributed by atoms with Crippen LogP contribution in [0, 0.1) is 17.8 Å². The van der Waals surface area contributed by atoms with Crippen LogP contribution in [-0.2, 0) is 11.2 Å². The zero-order valence-corrected chi connectivity index (χ0v) is 13.8. The van der Waals surface area contributed by atoms with Crippen LogP contribution in [0.25, 0.3) is 0 Å². The standard InChI is InChI=1S/C17H21Cl2NO/c1-10(14-7-11-2-4-13(14)6-11)20-17(21)9-12-3-5-15(18)16(19)8-12/h3,5,8,10-11,13-14H,2,4,6-7,9H2,1H3,(H,20,21). The first kappa shape index (κ1) is 15.2. The number of fused-ring (bicyclic) bond motifs is 2. The maximum atomic E-state index is 12.2. The van der Waals surface area contributed by atoms with Crippen molar-refractivity contribution in [1.82, 2.24) is 5.32 Å². The Morgan fingerprint density at radius 3 is 2.71 bits per heavy atom. The first-order chi connectivity index (χ1) is 10.0. The van der Waals surface area contributed by atoms with Gasteiger partial charge >= 0.3 is 0 Å². The summed E-state index contributed by atoms with van der Waals surface area (Å²) in [6, 6.07) is 5.64. The molecule has 2 saturated carbocycles. The SMILES string of the molecule is CC(NC(=O)Cc1ccc(Cl)c(Cl)c1)C1CC2CCC1C2. The van der Waals surface area contributed by atoms with Crippen molar-refractivity contribution in [1.29, 1.82) is 0 Å². The molecule has 1 aromatic carbocycles. The first-order valence-electron chi connectivity index (χ1n) is 7.76. The molecule has 1 N–H and O–H groups in total. The number of carbonyl (C=O) groups is 1. The maximum absolute atomic E-state index is 12.2. The largest absolute Gasteiger partial charge is 0.353 e. The van der Waals surface area contributed by atoms with Crippen LogP contribution in [0.2, 0.25) is 10.0 Å². The van der Waals surface area contributed by atoms with Crippen LogP contribution in [0.3, 0.4) is 0 Å². The highest BCUT2D eigenvalue weighted by atomic mass is 35.5. The average molecular weight is 326 g/mol. The number of hydrogen-bond donors (Lipinski definition) is 1. The quantitative estimate of drug-likeness (QED) is 0.868. The molecule has 1 amide bonds. The Morgan fingerprint density at radius 2 is 2.10 bits per heavy atom. The predicted molar refractivity (Wildman–Crippen MR) is 86.7 cm³/mol. The minimum absolute atomic E-state index is 0.0728. The van der Waals surface area contributed by atoms with Crippen molar-refractivity contribution in [3.8, 4) is 0 Å². The maximum Gasteiger partial charge on any atom is 0.224 e. The van der Waals surface area contributed by atoms with E-state index in [9.17, 15) is 4.79 Å². The Labute approximate surface area is 136 Å². The highest BCUT2D eigenvalue weighted by Crippen LogP contribution is 2.49. The number of benzene rings is 1. The third-order valence-corrected chi connectivity index (χ3v) is 5.91. The first-order valence-corrected chi connectivity index (χ1v) is 8.52. The van der Waals surface area contributed by atoms with Crippen LogP contribution < -0.4 is 5.32 Å². The van der Waals surface area contributed by atoms with E-state index >= 15 is 0 Å². The van der Waals surface area contributed by atoms with Crippen LogP contribution in [0.4, 0.5) is 0 Å². The molecule has 0 aromatic heterocycles. The zero-order valence-electron chi connectivity index (χ0n) is 12.2. The van der Waals surface area contributed by atoms with Gasteiger partial charge in [0.1, 0.15) is 0 Å². The van der Waals surface area contributed by atoms with Gasteiger partial charge in [-0.1, -0.05) is 35.7 Å². The van der Waals surface area contributed by atoms with E-state index in [0.29, 0.717) is 22.4 Å². The van der Waals surface area contributed by atoms with Gasteiger partial charge in [-0.25, -0.2) is 0 Å². The lowest BCUT2D eigenvalue weighted by atomic mass is 9.84. The second-order valence-corrected chi connectivity index (χ2v) is 7.43. The van der Waals surface area contributed by atoms with E-state index in [1.165, 1.54) is 25.7 Å². The van der Waals surface area contributed by atoms with Crippen molar-refractivity contribution in [3.63, 3.8) is 0 Å². The summed E-state index contributed by atoms with van der Waals surface area (Å²) in [5.41, 5.74) is 0.905. The Hall–Kier alpha value is -0.730. The molecule has 0 heterocycles. The molecule has 4 heteroatoms. The molecule has 3 rings (SSSR count). The number of halogens is 2. The van der Waals surface area contributed by atoms with Gasteiger partial charge in [-0.2, -0.15) is 0 Å². The van der Waals surface area contributed by atoms with E-state index in [-0.39, 0.29) is 11.9 Å². The summed E-state index contributed by atoms with van der Waals surface area (Å²) in [6.45, 7) is 2.15. The summed E-state index contributed by atoms with van der Waals surface area (Å²) in [4.78, 5) is 12.2. The molecule has 0 radical (unpaired) electrons. The molecule has 2 bridgehead atoms. The molecule has 2 aliphatic rings. The van der Waals surface area contributed by atoms with Crippen molar-refractivity contribution in [2.45, 2.75) is 45.1 Å². The van der Waals surface area contributed by atoms with E-state index in [0.717, 1.165) is 17.4 Å². The highest BCUT2D eigenvalue weighted by molar-refractivity contribution is 6.42. The number of carbonyl (C=O) groups excluding carboxylic acids is 1. The van der Waals surface area contributed by atoms with Gasteiger partial charge in [0, 0.05) is 6.04 Å². The summed E-state index contributed by atoms with van der Waals surface area (Å²) in [5.74, 6) is 2.48. The molecule has 0 saturated heterocycles. The molecule has 2 nitrogen and oxygen atoms in total. The van der Waals surface area contributed by atoms with Crippen molar-refractivity contribution in [2.24, 2.45) is 17.8 Å². The van der Waals surface area contributed by atoms with Gasteiger partial charge in [-0.15, -0.1) is 0 Å². The van der Waals surface area contributed by atoms with Crippen molar-refractivity contribution >= 4 is 29.1 Å². The number of nitrogens with one attached hydrogen (secondary N) is 1. The summed E-state index contributed by atoms with van der Waals surface area (Å²) < 4.78 is 0. The zero-order chi connectivity index (χ0) is 15.0. The topological polar surface area (TPSA) is 29.1 Å². The number of rotatable bonds is 4. The molecule has 4 atom stereocenters. The summed E-state index contributed by atoms with van der Waals surface area (Å²) in [5, 5.41) is 4.20. The van der Waals surface area contributed by atoms with Crippen molar-refractivity contribution < 1.29 is 4.79 Å². The van der Waals surface area contributed by atoms with Gasteiger partial charge < -0.3 is 5.32 Å². The van der Waals surface area contributed by atoms with E-state index in [4.69, 9.17) is 23.2 Å². The minimum atomic E-state index is 0.0728. The summed E-state index contributed by atoms with van der Waals surface area (Å²) >= 11 is 11.9. The lowest BCUT2D eigenvalue weighted by molar-refractivity contribution is -0.121. The Morgan fingerprint density at radius 1 is 1.29 bits per heavy atom. The number of amides is 1. The second kappa shape index (κ2) is 6.18. The fraction of sp³-hybridized carbons (Fsp3) is 0.588. The smallest absolute Gasteiger partial charge is 0.224 e. The van der Waals surface area contributed by atoms with E-state index in [2.05, 4.69) is 12.2 Å². The van der Waals surface area contributed by atoms with Gasteiger partial charge in [0.2, 0.25) is 5.91 Å². The van der Waals surface area contributed by atoms with Crippen LogP contribution in [0.1, 0.15) is 38.2 Å². The van der Waals surface area contributed by atoms with Crippen LogP contribution in [0.5, 0.6) is 0 Å². The van der Waals surface area contributed by atoms with Crippen LogP contribution in [0.15, 0.2) is 18.2 Å². The van der Waals surface area contributed by atoms with Crippen LogP contribution in [-0.4, -0.2) is 11.9 Å². The Balaban J connectivity index is 1.55. The van der Waals surface area contributed by atoms with Gasteiger partial charge in [0.15, 0.2) is 0 Å². The third kappa shape index (κ3) is 3.37. The molecule has 0 spiro atoms. The van der Waals surface area contributed by atoms with E-state index in [1.54, 1.807) is 12.1 Å². The van der Waals surface area contributed by atoms with Crippen molar-refractivity contribution in [2.75, 3.05) is 0 Å². The molecule has 2 aliphatic carbocycles. The molecule has 0 aliphatic heterocycles. The lowest BCUT2D eigenvalue weighted by Gasteiger charge is -2.28. The Bertz CT molecular complexity index is 546. The summed E-state index contributed by atoms with van der Waals surface area (Å²) in [6.07, 6.45) is 5.77. The van der Waals surface area contributed by atoms with Gasteiger partial charge in [0.25, 0.3) is 0 Å². The molecule has 4 unspecified atom stereocenters. The van der Waals surface area contributed by atoms with Crippen LogP contribution >= 0.6 is 23.2 Å². The predicted octanol–water partition coefficient (Wildman–Crippen LogP) is 4.48. The normalized spacial score (nSPS) is 28.6. The average Bonchev–Trinajstić information content (AvgIpc) is 3.05. The molecular weight excluding hydrogens is 305 g/mol. The number of hydrogen-bond acceptors (Lipinski definition) is 1. The van der Waals surface area contributed by atoms with E-state index < -0.39 is 0 Å². The molecule has 1 aromatic rings. The van der Waals surface area contributed by atoms with Gasteiger partial charge in [0.05, 0.1) is 16.5 Å². The second-order valence-electron chi connectivity index (χ2n) is 6.62. The lowest BCUT2D eigenvalue weighted by Crippen LogP contribution is -2.40. The monoisotopic (exact) mass is 325 g/mol. The van der Waals surface area contributed by atoms with E-state index in [1.807, 2.05) is 6.07 Å². The van der Waals surface area contributed by atoms with Crippen molar-refractivity contribution in [3.05, 3.63) is 33.8 Å². The molecule has 21 heavy (non-hydrogen) atoms. The fourth-order valence-electron chi connectivity index (χ4n) is 4.15. The third-order valence-electron chi connectivity index (χ3n) is 5.17.